The van der Waals surface area contributed by atoms with Gasteiger partial charge in [0.2, 0.25) is 10.0 Å². The zero-order valence-corrected chi connectivity index (χ0v) is 15.8. The number of halogens is 3. The van der Waals surface area contributed by atoms with E-state index in [0.29, 0.717) is 4.88 Å². The summed E-state index contributed by atoms with van der Waals surface area (Å²) in [4.78, 5) is 11.8. The number of alkyl halides is 3. The summed E-state index contributed by atoms with van der Waals surface area (Å²) in [5.74, 6) is -0.594. The minimum absolute atomic E-state index is 0.124. The van der Waals surface area contributed by atoms with Crippen molar-refractivity contribution in [3.05, 3.63) is 46.7 Å². The highest BCUT2D eigenvalue weighted by atomic mass is 32.2. The number of ether oxygens (including phenoxy) is 1. The summed E-state index contributed by atoms with van der Waals surface area (Å²) in [6, 6.07) is 6.86. The minimum atomic E-state index is -4.45. The minimum Gasteiger partial charge on any atom is -0.469 e. The number of sulfonamides is 1. The first kappa shape index (κ1) is 20.7. The molecule has 0 amide bonds. The molecule has 5 nitrogen and oxygen atoms in total. The topological polar surface area (TPSA) is 72.5 Å². The second kappa shape index (κ2) is 8.42. The van der Waals surface area contributed by atoms with Crippen molar-refractivity contribution in [2.75, 3.05) is 7.11 Å². The van der Waals surface area contributed by atoms with E-state index in [1.54, 1.807) is 17.5 Å². The van der Waals surface area contributed by atoms with Gasteiger partial charge in [-0.05, 0) is 47.5 Å². The highest BCUT2D eigenvalue weighted by molar-refractivity contribution is 8.00. The van der Waals surface area contributed by atoms with Crippen LogP contribution in [0.5, 0.6) is 0 Å². The molecule has 0 saturated carbocycles. The molecule has 11 heteroatoms. The van der Waals surface area contributed by atoms with Gasteiger partial charge in [-0.25, -0.2) is 13.1 Å². The fourth-order valence-corrected chi connectivity index (χ4v) is 4.62. The van der Waals surface area contributed by atoms with E-state index < -0.39 is 27.5 Å². The van der Waals surface area contributed by atoms with Crippen LogP contribution in [0.1, 0.15) is 17.3 Å². The van der Waals surface area contributed by atoms with Gasteiger partial charge >= 0.3 is 11.5 Å². The number of rotatable bonds is 7. The molecule has 1 aromatic carbocycles. The Kier molecular flexibility index (Phi) is 6.72. The highest BCUT2D eigenvalue weighted by Crippen LogP contribution is 2.37. The molecular formula is C15H14F3NO4S3. The number of nitrogens with one attached hydrogen (secondary N) is 1. The molecule has 0 aliphatic carbocycles. The first-order chi connectivity index (χ1) is 12.1. The lowest BCUT2D eigenvalue weighted by Crippen LogP contribution is -2.30. The van der Waals surface area contributed by atoms with Crippen molar-refractivity contribution >= 4 is 39.1 Å². The molecule has 142 valence electrons. The van der Waals surface area contributed by atoms with Crippen LogP contribution in [0.2, 0.25) is 0 Å². The van der Waals surface area contributed by atoms with Gasteiger partial charge in [0, 0.05) is 9.77 Å². The fraction of sp³-hybridized carbons (Fsp3) is 0.267. The van der Waals surface area contributed by atoms with E-state index in [2.05, 4.69) is 9.46 Å². The molecule has 0 aliphatic heterocycles. The Hall–Kier alpha value is -1.56. The van der Waals surface area contributed by atoms with Gasteiger partial charge in [0.1, 0.15) is 0 Å². The average molecular weight is 425 g/mol. The molecule has 1 atom stereocenters. The quantitative estimate of drug-likeness (QED) is 0.537. The molecule has 0 spiro atoms. The third-order valence-electron chi connectivity index (χ3n) is 3.15. The van der Waals surface area contributed by atoms with Crippen molar-refractivity contribution in [1.29, 1.82) is 0 Å². The van der Waals surface area contributed by atoms with Gasteiger partial charge in [-0.2, -0.15) is 13.2 Å². The summed E-state index contributed by atoms with van der Waals surface area (Å²) in [6.07, 6.45) is -0.210. The summed E-state index contributed by atoms with van der Waals surface area (Å²) in [7, 11) is -2.85. The first-order valence-corrected chi connectivity index (χ1v) is 10.3. The van der Waals surface area contributed by atoms with E-state index >= 15 is 0 Å². The van der Waals surface area contributed by atoms with E-state index in [9.17, 15) is 26.4 Å². The Bertz CT molecular complexity index is 834. The maximum absolute atomic E-state index is 12.5. The maximum Gasteiger partial charge on any atom is 0.446 e. The lowest BCUT2D eigenvalue weighted by atomic mass is 10.2. The van der Waals surface area contributed by atoms with Crippen molar-refractivity contribution in [3.8, 4) is 0 Å². The van der Waals surface area contributed by atoms with E-state index in [4.69, 9.17) is 0 Å². The van der Waals surface area contributed by atoms with Crippen LogP contribution in [-0.2, 0) is 19.6 Å². The maximum atomic E-state index is 12.5. The second-order valence-corrected chi connectivity index (χ2v) is 8.82. The lowest BCUT2D eigenvalue weighted by Gasteiger charge is -2.17. The van der Waals surface area contributed by atoms with Crippen molar-refractivity contribution < 1.29 is 31.1 Å². The van der Waals surface area contributed by atoms with Crippen LogP contribution in [0.15, 0.2) is 51.6 Å². The summed E-state index contributed by atoms with van der Waals surface area (Å²) in [6.45, 7) is 0. The molecule has 0 saturated heterocycles. The number of carbonyl (C=O) groups is 1. The highest BCUT2D eigenvalue weighted by Gasteiger charge is 2.30. The molecule has 1 unspecified atom stereocenters. The van der Waals surface area contributed by atoms with Crippen LogP contribution >= 0.6 is 23.1 Å². The van der Waals surface area contributed by atoms with Crippen LogP contribution in [0.4, 0.5) is 13.2 Å². The Morgan fingerprint density at radius 3 is 2.42 bits per heavy atom. The molecule has 2 rings (SSSR count). The molecular weight excluding hydrogens is 411 g/mol. The second-order valence-electron chi connectivity index (χ2n) is 4.99. The zero-order valence-electron chi connectivity index (χ0n) is 13.3. The van der Waals surface area contributed by atoms with Gasteiger partial charge < -0.3 is 4.74 Å². The standard InChI is InChI=1S/C15H14F3NO4S3/c1-23-14(20)9-12(13-3-2-8-24-13)19-26(21,22)11-6-4-10(5-7-11)25-15(16,17)18/h2-8,12,19H,9H2,1H3. The van der Waals surface area contributed by atoms with Gasteiger partial charge in [0.15, 0.2) is 0 Å². The van der Waals surface area contributed by atoms with Crippen molar-refractivity contribution in [3.63, 3.8) is 0 Å². The summed E-state index contributed by atoms with van der Waals surface area (Å²) < 4.78 is 69.1. The van der Waals surface area contributed by atoms with Crippen LogP contribution in [-0.4, -0.2) is 27.0 Å². The smallest absolute Gasteiger partial charge is 0.446 e. The predicted molar refractivity (Wildman–Crippen MR) is 92.4 cm³/mol. The summed E-state index contributed by atoms with van der Waals surface area (Å²) in [5, 5.41) is 1.73. The summed E-state index contributed by atoms with van der Waals surface area (Å²) >= 11 is 0.934. The van der Waals surface area contributed by atoms with Gasteiger partial charge in [-0.1, -0.05) is 6.07 Å². The van der Waals surface area contributed by atoms with E-state index in [0.717, 1.165) is 24.3 Å². The van der Waals surface area contributed by atoms with E-state index in [-0.39, 0.29) is 28.0 Å². The Morgan fingerprint density at radius 2 is 1.92 bits per heavy atom. The molecule has 0 bridgehead atoms. The molecule has 0 aliphatic rings. The summed E-state index contributed by atoms with van der Waals surface area (Å²) in [5.41, 5.74) is -4.45. The molecule has 2 aromatic rings. The average Bonchev–Trinajstić information content (AvgIpc) is 3.07. The van der Waals surface area contributed by atoms with Gasteiger partial charge in [0.25, 0.3) is 0 Å². The van der Waals surface area contributed by atoms with Gasteiger partial charge in [-0.15, -0.1) is 11.3 Å². The molecule has 1 N–H and O–H groups in total. The first-order valence-electron chi connectivity index (χ1n) is 7.09. The zero-order chi connectivity index (χ0) is 19.4. The van der Waals surface area contributed by atoms with Crippen LogP contribution < -0.4 is 4.72 Å². The number of thiophene rings is 1. The van der Waals surface area contributed by atoms with Gasteiger partial charge in [0.05, 0.1) is 24.5 Å². The number of esters is 1. The number of carbonyl (C=O) groups excluding carboxylic acids is 1. The normalized spacial score (nSPS) is 13.4. The van der Waals surface area contributed by atoms with Crippen LogP contribution in [0.25, 0.3) is 0 Å². The van der Waals surface area contributed by atoms with E-state index in [1.807, 2.05) is 0 Å². The molecule has 1 aromatic heterocycles. The Balaban J connectivity index is 2.20. The molecule has 0 radical (unpaired) electrons. The van der Waals surface area contributed by atoms with Crippen molar-refractivity contribution in [2.45, 2.75) is 27.8 Å². The Labute approximate surface area is 156 Å². The number of methoxy groups -OCH3 is 1. The molecule has 26 heavy (non-hydrogen) atoms. The number of benzene rings is 1. The largest absolute Gasteiger partial charge is 0.469 e. The Morgan fingerprint density at radius 1 is 1.27 bits per heavy atom. The number of thioether (sulfide) groups is 1. The molecule has 0 fully saturated rings. The number of hydrogen-bond acceptors (Lipinski definition) is 6. The van der Waals surface area contributed by atoms with Crippen molar-refractivity contribution in [1.82, 2.24) is 4.72 Å². The van der Waals surface area contributed by atoms with Crippen LogP contribution in [0.3, 0.4) is 0 Å². The van der Waals surface area contributed by atoms with Gasteiger partial charge in [-0.3, -0.25) is 4.79 Å². The lowest BCUT2D eigenvalue weighted by molar-refractivity contribution is -0.141. The SMILES string of the molecule is COC(=O)CC(NS(=O)(=O)c1ccc(SC(F)(F)F)cc1)c1cccs1. The van der Waals surface area contributed by atoms with Crippen molar-refractivity contribution in [2.24, 2.45) is 0 Å². The third kappa shape index (κ3) is 6.01. The van der Waals surface area contributed by atoms with Crippen LogP contribution in [0, 0.1) is 0 Å². The monoisotopic (exact) mass is 425 g/mol. The number of hydrogen-bond donors (Lipinski definition) is 1. The third-order valence-corrected chi connectivity index (χ3v) is 6.36. The predicted octanol–water partition coefficient (Wildman–Crippen LogP) is 3.94. The molecule has 1 heterocycles. The fourth-order valence-electron chi connectivity index (χ4n) is 2.02. The van der Waals surface area contributed by atoms with E-state index in [1.165, 1.54) is 18.4 Å².